The molecule has 0 saturated carbocycles. The van der Waals surface area contributed by atoms with Gasteiger partial charge in [-0.15, -0.1) is 11.3 Å². The van der Waals surface area contributed by atoms with Gasteiger partial charge in [0, 0.05) is 7.05 Å². The molecule has 0 bridgehead atoms. The number of nitrogens with one attached hydrogen (secondary N) is 1. The van der Waals surface area contributed by atoms with Crippen molar-refractivity contribution in [1.82, 2.24) is 14.8 Å². The Morgan fingerprint density at radius 1 is 1.32 bits per heavy atom. The lowest BCUT2D eigenvalue weighted by atomic mass is 10.2. The summed E-state index contributed by atoms with van der Waals surface area (Å²) in [4.78, 5) is 28.8. The minimum atomic E-state index is -0.927. The number of thiazole rings is 1. The van der Waals surface area contributed by atoms with Crippen LogP contribution in [0.4, 0.5) is 5.69 Å². The third-order valence-corrected chi connectivity index (χ3v) is 4.77. The third kappa shape index (κ3) is 3.39. The largest absolute Gasteiger partial charge is 0.449 e. The van der Waals surface area contributed by atoms with E-state index in [0.717, 1.165) is 15.9 Å². The van der Waals surface area contributed by atoms with Crippen LogP contribution in [0.5, 0.6) is 0 Å². The van der Waals surface area contributed by atoms with Gasteiger partial charge < -0.3 is 10.1 Å². The second-order valence-electron chi connectivity index (χ2n) is 5.74. The lowest BCUT2D eigenvalue weighted by Crippen LogP contribution is -2.30. The SMILES string of the molecule is Cc1nn(C)c(C)c1NC(=O)[C@@H](C)OC(=O)c1ccc2ncsc2c1. The zero-order valence-electron chi connectivity index (χ0n) is 14.4. The quantitative estimate of drug-likeness (QED) is 0.725. The molecule has 0 aliphatic heterocycles. The monoisotopic (exact) mass is 358 g/mol. The molecule has 0 fully saturated rings. The van der Waals surface area contributed by atoms with Crippen LogP contribution in [0, 0.1) is 13.8 Å². The minimum absolute atomic E-state index is 0.394. The lowest BCUT2D eigenvalue weighted by Gasteiger charge is -2.14. The van der Waals surface area contributed by atoms with E-state index < -0.39 is 18.0 Å². The fraction of sp³-hybridized carbons (Fsp3) is 0.294. The number of anilines is 1. The zero-order valence-corrected chi connectivity index (χ0v) is 15.2. The zero-order chi connectivity index (χ0) is 18.1. The molecule has 3 rings (SSSR count). The summed E-state index contributed by atoms with van der Waals surface area (Å²) >= 11 is 1.44. The normalized spacial score (nSPS) is 12.2. The molecule has 0 aliphatic carbocycles. The average Bonchev–Trinajstić information content (AvgIpc) is 3.14. The number of amides is 1. The summed E-state index contributed by atoms with van der Waals surface area (Å²) in [7, 11) is 1.80. The Bertz CT molecular complexity index is 960. The number of aryl methyl sites for hydroxylation is 2. The summed E-state index contributed by atoms with van der Waals surface area (Å²) < 4.78 is 7.87. The van der Waals surface area contributed by atoms with Gasteiger partial charge in [-0.3, -0.25) is 9.48 Å². The molecule has 0 unspecified atom stereocenters. The Balaban J connectivity index is 1.69. The van der Waals surface area contributed by atoms with Gasteiger partial charge in [-0.05, 0) is 39.0 Å². The van der Waals surface area contributed by atoms with E-state index in [9.17, 15) is 9.59 Å². The number of esters is 1. The van der Waals surface area contributed by atoms with E-state index in [1.165, 1.54) is 11.3 Å². The van der Waals surface area contributed by atoms with Crippen LogP contribution >= 0.6 is 11.3 Å². The van der Waals surface area contributed by atoms with Crippen molar-refractivity contribution in [2.75, 3.05) is 5.32 Å². The van der Waals surface area contributed by atoms with Gasteiger partial charge in [-0.1, -0.05) is 0 Å². The number of hydrogen-bond acceptors (Lipinski definition) is 6. The predicted molar refractivity (Wildman–Crippen MR) is 95.8 cm³/mol. The van der Waals surface area contributed by atoms with Crippen molar-refractivity contribution in [2.24, 2.45) is 7.05 Å². The Hall–Kier alpha value is -2.74. The Morgan fingerprint density at radius 3 is 2.76 bits per heavy atom. The molecule has 7 nitrogen and oxygen atoms in total. The highest BCUT2D eigenvalue weighted by Gasteiger charge is 2.21. The molecule has 0 saturated heterocycles. The van der Waals surface area contributed by atoms with Crippen LogP contribution in [0.25, 0.3) is 10.2 Å². The predicted octanol–water partition coefficient (Wildman–Crippen LogP) is 2.83. The maximum atomic E-state index is 12.3. The molecule has 2 heterocycles. The molecule has 1 aromatic carbocycles. The number of ether oxygens (including phenoxy) is 1. The molecular weight excluding hydrogens is 340 g/mol. The molecule has 8 heteroatoms. The second-order valence-corrected chi connectivity index (χ2v) is 6.63. The molecule has 130 valence electrons. The Kier molecular flexibility index (Phi) is 4.54. The minimum Gasteiger partial charge on any atom is -0.449 e. The maximum absolute atomic E-state index is 12.3. The van der Waals surface area contributed by atoms with Gasteiger partial charge in [0.1, 0.15) is 0 Å². The maximum Gasteiger partial charge on any atom is 0.338 e. The van der Waals surface area contributed by atoms with Crippen LogP contribution in [0.15, 0.2) is 23.7 Å². The van der Waals surface area contributed by atoms with Gasteiger partial charge in [0.15, 0.2) is 6.10 Å². The molecule has 0 radical (unpaired) electrons. The van der Waals surface area contributed by atoms with E-state index in [4.69, 9.17) is 4.74 Å². The standard InChI is InChI=1S/C17H18N4O3S/c1-9-15(10(2)21(4)20-9)19-16(22)11(3)24-17(23)12-5-6-13-14(7-12)25-8-18-13/h5-8,11H,1-4H3,(H,19,22)/t11-/m1/s1. The first-order valence-electron chi connectivity index (χ1n) is 7.72. The number of carbonyl (C=O) groups is 2. The van der Waals surface area contributed by atoms with Crippen LogP contribution in [-0.4, -0.2) is 32.7 Å². The molecule has 2 aromatic heterocycles. The van der Waals surface area contributed by atoms with Crippen LogP contribution in [0.3, 0.4) is 0 Å². The molecule has 1 N–H and O–H groups in total. The summed E-state index contributed by atoms with van der Waals surface area (Å²) in [6.45, 7) is 5.21. The number of carbonyl (C=O) groups excluding carboxylic acids is 2. The summed E-state index contributed by atoms with van der Waals surface area (Å²) in [6, 6.07) is 5.12. The van der Waals surface area contributed by atoms with Crippen molar-refractivity contribution in [3.63, 3.8) is 0 Å². The van der Waals surface area contributed by atoms with E-state index in [2.05, 4.69) is 15.4 Å². The number of nitrogens with zero attached hydrogens (tertiary/aromatic N) is 3. The highest BCUT2D eigenvalue weighted by atomic mass is 32.1. The van der Waals surface area contributed by atoms with Crippen molar-refractivity contribution in [2.45, 2.75) is 26.9 Å². The van der Waals surface area contributed by atoms with Crippen molar-refractivity contribution in [3.8, 4) is 0 Å². The van der Waals surface area contributed by atoms with E-state index in [-0.39, 0.29) is 0 Å². The van der Waals surface area contributed by atoms with Crippen molar-refractivity contribution >= 4 is 39.1 Å². The van der Waals surface area contributed by atoms with Gasteiger partial charge >= 0.3 is 5.97 Å². The first-order valence-corrected chi connectivity index (χ1v) is 8.60. The fourth-order valence-electron chi connectivity index (χ4n) is 2.44. The molecule has 1 atom stereocenters. The molecule has 25 heavy (non-hydrogen) atoms. The van der Waals surface area contributed by atoms with Gasteiger partial charge in [-0.2, -0.15) is 5.10 Å². The summed E-state index contributed by atoms with van der Waals surface area (Å²) in [5.74, 6) is -0.941. The number of fused-ring (bicyclic) bond motifs is 1. The smallest absolute Gasteiger partial charge is 0.338 e. The van der Waals surface area contributed by atoms with Gasteiger partial charge in [0.25, 0.3) is 5.91 Å². The molecule has 0 spiro atoms. The molecular formula is C17H18N4O3S. The fourth-order valence-corrected chi connectivity index (χ4v) is 3.16. The van der Waals surface area contributed by atoms with Gasteiger partial charge in [0.2, 0.25) is 0 Å². The van der Waals surface area contributed by atoms with Crippen molar-refractivity contribution in [3.05, 3.63) is 40.7 Å². The number of hydrogen-bond donors (Lipinski definition) is 1. The summed E-state index contributed by atoms with van der Waals surface area (Å²) in [5, 5.41) is 7.02. The van der Waals surface area contributed by atoms with Crippen LogP contribution in [0.2, 0.25) is 0 Å². The van der Waals surface area contributed by atoms with E-state index >= 15 is 0 Å². The Labute approximate surface area is 148 Å². The second kappa shape index (κ2) is 6.64. The molecule has 3 aromatic rings. The first kappa shape index (κ1) is 17.1. The van der Waals surface area contributed by atoms with Crippen molar-refractivity contribution < 1.29 is 14.3 Å². The van der Waals surface area contributed by atoms with E-state index in [1.807, 2.05) is 13.8 Å². The number of rotatable bonds is 4. The van der Waals surface area contributed by atoms with E-state index in [0.29, 0.717) is 16.9 Å². The number of aromatic nitrogens is 3. The first-order chi connectivity index (χ1) is 11.9. The van der Waals surface area contributed by atoms with Crippen molar-refractivity contribution in [1.29, 1.82) is 0 Å². The average molecular weight is 358 g/mol. The summed E-state index contributed by atoms with van der Waals surface area (Å²) in [5.41, 5.74) is 5.12. The van der Waals surface area contributed by atoms with Gasteiger partial charge in [-0.25, -0.2) is 9.78 Å². The van der Waals surface area contributed by atoms with Crippen LogP contribution in [0.1, 0.15) is 28.7 Å². The van der Waals surface area contributed by atoms with Crippen LogP contribution < -0.4 is 5.32 Å². The molecule has 0 aliphatic rings. The Morgan fingerprint density at radius 2 is 2.08 bits per heavy atom. The topological polar surface area (TPSA) is 86.1 Å². The third-order valence-electron chi connectivity index (χ3n) is 3.98. The van der Waals surface area contributed by atoms with E-state index in [1.54, 1.807) is 42.4 Å². The number of benzene rings is 1. The molecule has 1 amide bonds. The van der Waals surface area contributed by atoms with Gasteiger partial charge in [0.05, 0.1) is 38.4 Å². The summed E-state index contributed by atoms with van der Waals surface area (Å²) in [6.07, 6.45) is -0.927. The lowest BCUT2D eigenvalue weighted by molar-refractivity contribution is -0.123. The highest BCUT2D eigenvalue weighted by Crippen LogP contribution is 2.21. The van der Waals surface area contributed by atoms with Crippen LogP contribution in [-0.2, 0) is 16.6 Å². The highest BCUT2D eigenvalue weighted by molar-refractivity contribution is 7.16.